The topological polar surface area (TPSA) is 22.1 Å². The molecular formula is C11H15NO. The average molecular weight is 177 g/mol. The van der Waals surface area contributed by atoms with Crippen molar-refractivity contribution in [2.75, 3.05) is 6.61 Å². The average Bonchev–Trinajstić information content (AvgIpc) is 2.45. The van der Waals surface area contributed by atoms with Gasteiger partial charge >= 0.3 is 0 Å². The van der Waals surface area contributed by atoms with Crippen LogP contribution < -0.4 is 4.74 Å². The number of rotatable bonds is 0. The molecule has 1 atom stereocenters. The second-order valence-electron chi connectivity index (χ2n) is 4.64. The van der Waals surface area contributed by atoms with E-state index in [1.54, 1.807) is 6.20 Å². The fourth-order valence-electron chi connectivity index (χ4n) is 1.78. The van der Waals surface area contributed by atoms with Crippen LogP contribution in [-0.2, 0) is 0 Å². The molecule has 1 aliphatic rings. The molecule has 2 heterocycles. The van der Waals surface area contributed by atoms with E-state index in [4.69, 9.17) is 4.74 Å². The monoisotopic (exact) mass is 177 g/mol. The van der Waals surface area contributed by atoms with Crippen molar-refractivity contribution in [2.24, 2.45) is 5.41 Å². The smallest absolute Gasteiger partial charge is 0.141 e. The molecule has 1 aliphatic heterocycles. The highest BCUT2D eigenvalue weighted by molar-refractivity contribution is 5.38. The summed E-state index contributed by atoms with van der Waals surface area (Å²) in [4.78, 5) is 4.05. The summed E-state index contributed by atoms with van der Waals surface area (Å²) in [6, 6.07) is 2.07. The van der Waals surface area contributed by atoms with E-state index in [1.807, 2.05) is 6.20 Å². The Morgan fingerprint density at radius 3 is 2.92 bits per heavy atom. The molecule has 2 heteroatoms. The van der Waals surface area contributed by atoms with E-state index in [2.05, 4.69) is 31.8 Å². The van der Waals surface area contributed by atoms with Crippen LogP contribution in [0, 0.1) is 5.41 Å². The predicted molar refractivity (Wildman–Crippen MR) is 51.9 cm³/mol. The van der Waals surface area contributed by atoms with Crippen LogP contribution >= 0.6 is 0 Å². The molecule has 0 aliphatic carbocycles. The van der Waals surface area contributed by atoms with Gasteiger partial charge in [-0.3, -0.25) is 4.98 Å². The summed E-state index contributed by atoms with van der Waals surface area (Å²) < 4.78 is 5.58. The quantitative estimate of drug-likeness (QED) is 0.607. The van der Waals surface area contributed by atoms with Crippen molar-refractivity contribution in [2.45, 2.75) is 26.7 Å². The van der Waals surface area contributed by atoms with Gasteiger partial charge in [0.25, 0.3) is 0 Å². The molecule has 0 saturated heterocycles. The fraction of sp³-hybridized carbons (Fsp3) is 0.545. The third-order valence-electron chi connectivity index (χ3n) is 2.64. The summed E-state index contributed by atoms with van der Waals surface area (Å²) in [5.74, 6) is 1.47. The Morgan fingerprint density at radius 1 is 1.46 bits per heavy atom. The molecule has 0 fully saturated rings. The maximum atomic E-state index is 5.58. The minimum Gasteiger partial charge on any atom is -0.491 e. The van der Waals surface area contributed by atoms with E-state index in [-0.39, 0.29) is 5.41 Å². The van der Waals surface area contributed by atoms with Gasteiger partial charge in [0.05, 0.1) is 12.8 Å². The van der Waals surface area contributed by atoms with Gasteiger partial charge in [0, 0.05) is 17.7 Å². The summed E-state index contributed by atoms with van der Waals surface area (Å²) in [6.07, 6.45) is 3.65. The van der Waals surface area contributed by atoms with Gasteiger partial charge in [-0.25, -0.2) is 0 Å². The van der Waals surface area contributed by atoms with Crippen molar-refractivity contribution in [1.82, 2.24) is 4.98 Å². The largest absolute Gasteiger partial charge is 0.491 e. The summed E-state index contributed by atoms with van der Waals surface area (Å²) in [6.45, 7) is 7.54. The third kappa shape index (κ3) is 1.41. The minimum absolute atomic E-state index is 0.270. The SMILES string of the molecule is CC(C)(C)C1COc2cnccc21. The zero-order valence-corrected chi connectivity index (χ0v) is 8.37. The first-order valence-electron chi connectivity index (χ1n) is 4.66. The highest BCUT2D eigenvalue weighted by Gasteiger charge is 2.33. The van der Waals surface area contributed by atoms with E-state index < -0.39 is 0 Å². The first-order valence-corrected chi connectivity index (χ1v) is 4.66. The maximum absolute atomic E-state index is 5.58. The standard InChI is InChI=1S/C11H15NO/c1-11(2,3)9-7-13-10-6-12-5-4-8(9)10/h4-6,9H,7H2,1-3H3. The molecule has 1 unspecified atom stereocenters. The summed E-state index contributed by atoms with van der Waals surface area (Å²) >= 11 is 0. The molecule has 0 spiro atoms. The van der Waals surface area contributed by atoms with Crippen LogP contribution in [-0.4, -0.2) is 11.6 Å². The van der Waals surface area contributed by atoms with Crippen LogP contribution in [0.3, 0.4) is 0 Å². The lowest BCUT2D eigenvalue weighted by molar-refractivity contribution is 0.243. The highest BCUT2D eigenvalue weighted by Crippen LogP contribution is 2.43. The molecular weight excluding hydrogens is 162 g/mol. The Balaban J connectivity index is 2.39. The van der Waals surface area contributed by atoms with E-state index in [0.29, 0.717) is 5.92 Å². The Morgan fingerprint density at radius 2 is 2.23 bits per heavy atom. The van der Waals surface area contributed by atoms with Gasteiger partial charge in [0.2, 0.25) is 0 Å². The van der Waals surface area contributed by atoms with Crippen molar-refractivity contribution in [3.8, 4) is 5.75 Å². The molecule has 0 bridgehead atoms. The molecule has 1 aromatic rings. The molecule has 0 aromatic carbocycles. The first kappa shape index (κ1) is 8.54. The number of pyridine rings is 1. The van der Waals surface area contributed by atoms with Crippen molar-refractivity contribution in [3.63, 3.8) is 0 Å². The molecule has 2 rings (SSSR count). The highest BCUT2D eigenvalue weighted by atomic mass is 16.5. The Bertz CT molecular complexity index is 314. The lowest BCUT2D eigenvalue weighted by atomic mass is 9.78. The molecule has 0 saturated carbocycles. The number of hydrogen-bond donors (Lipinski definition) is 0. The van der Waals surface area contributed by atoms with E-state index in [1.165, 1.54) is 5.56 Å². The zero-order valence-electron chi connectivity index (χ0n) is 8.37. The summed E-state index contributed by atoms with van der Waals surface area (Å²) in [7, 11) is 0. The van der Waals surface area contributed by atoms with Crippen LogP contribution in [0.4, 0.5) is 0 Å². The predicted octanol–water partition coefficient (Wildman–Crippen LogP) is 2.60. The fourth-order valence-corrected chi connectivity index (χ4v) is 1.78. The number of fused-ring (bicyclic) bond motifs is 1. The lowest BCUT2D eigenvalue weighted by Gasteiger charge is -2.25. The van der Waals surface area contributed by atoms with E-state index in [9.17, 15) is 0 Å². The first-order chi connectivity index (χ1) is 6.09. The van der Waals surface area contributed by atoms with E-state index in [0.717, 1.165) is 12.4 Å². The van der Waals surface area contributed by atoms with Gasteiger partial charge in [-0.2, -0.15) is 0 Å². The summed E-state index contributed by atoms with van der Waals surface area (Å²) in [5, 5.41) is 0. The van der Waals surface area contributed by atoms with Crippen molar-refractivity contribution in [1.29, 1.82) is 0 Å². The second-order valence-corrected chi connectivity index (χ2v) is 4.64. The molecule has 70 valence electrons. The van der Waals surface area contributed by atoms with Gasteiger partial charge in [0.1, 0.15) is 5.75 Å². The van der Waals surface area contributed by atoms with Crippen molar-refractivity contribution >= 4 is 0 Å². The number of ether oxygens (including phenoxy) is 1. The third-order valence-corrected chi connectivity index (χ3v) is 2.64. The minimum atomic E-state index is 0.270. The Labute approximate surface area is 78.9 Å². The van der Waals surface area contributed by atoms with Gasteiger partial charge in [-0.05, 0) is 11.5 Å². The second kappa shape index (κ2) is 2.72. The molecule has 0 radical (unpaired) electrons. The van der Waals surface area contributed by atoms with Gasteiger partial charge in [-0.15, -0.1) is 0 Å². The Kier molecular flexibility index (Phi) is 1.79. The van der Waals surface area contributed by atoms with E-state index >= 15 is 0 Å². The number of hydrogen-bond acceptors (Lipinski definition) is 2. The van der Waals surface area contributed by atoms with Crippen LogP contribution in [0.25, 0.3) is 0 Å². The van der Waals surface area contributed by atoms with Crippen molar-refractivity contribution < 1.29 is 4.74 Å². The van der Waals surface area contributed by atoms with Crippen LogP contribution in [0.1, 0.15) is 32.3 Å². The number of nitrogens with zero attached hydrogens (tertiary/aromatic N) is 1. The van der Waals surface area contributed by atoms with Crippen LogP contribution in [0.15, 0.2) is 18.5 Å². The summed E-state index contributed by atoms with van der Waals surface area (Å²) in [5.41, 5.74) is 1.58. The van der Waals surface area contributed by atoms with Crippen molar-refractivity contribution in [3.05, 3.63) is 24.0 Å². The molecule has 2 nitrogen and oxygen atoms in total. The lowest BCUT2D eigenvalue weighted by Crippen LogP contribution is -2.19. The molecule has 13 heavy (non-hydrogen) atoms. The normalized spacial score (nSPS) is 21.0. The van der Waals surface area contributed by atoms with Crippen LogP contribution in [0.2, 0.25) is 0 Å². The van der Waals surface area contributed by atoms with Gasteiger partial charge in [-0.1, -0.05) is 20.8 Å². The van der Waals surface area contributed by atoms with Crippen LogP contribution in [0.5, 0.6) is 5.75 Å². The molecule has 0 N–H and O–H groups in total. The van der Waals surface area contributed by atoms with Gasteiger partial charge < -0.3 is 4.74 Å². The zero-order chi connectivity index (χ0) is 9.47. The Hall–Kier alpha value is -1.05. The maximum Gasteiger partial charge on any atom is 0.141 e. The number of aromatic nitrogens is 1. The molecule has 0 amide bonds. The van der Waals surface area contributed by atoms with Gasteiger partial charge in [0.15, 0.2) is 0 Å². The molecule has 1 aromatic heterocycles.